The second-order valence-electron chi connectivity index (χ2n) is 16.2. The van der Waals surface area contributed by atoms with E-state index in [2.05, 4.69) is 20.8 Å². The van der Waals surface area contributed by atoms with Crippen molar-refractivity contribution in [2.45, 2.75) is 153 Å². The van der Waals surface area contributed by atoms with Gasteiger partial charge < -0.3 is 50.3 Å². The van der Waals surface area contributed by atoms with Gasteiger partial charge in [-0.2, -0.15) is 0 Å². The van der Waals surface area contributed by atoms with Gasteiger partial charge in [0.25, 0.3) is 0 Å². The molecule has 0 radical (unpaired) electrons. The van der Waals surface area contributed by atoms with Gasteiger partial charge in [0, 0.05) is 6.42 Å². The average molecular weight is 629 g/mol. The van der Waals surface area contributed by atoms with Gasteiger partial charge in [0.15, 0.2) is 12.4 Å². The topological polar surface area (TPSA) is 197 Å². The summed E-state index contributed by atoms with van der Waals surface area (Å²) < 4.78 is 11.5. The summed E-state index contributed by atoms with van der Waals surface area (Å²) >= 11 is 0. The summed E-state index contributed by atoms with van der Waals surface area (Å²) in [6.45, 7) is 9.82. The molecular weight excluding hydrogens is 572 g/mol. The van der Waals surface area contributed by atoms with Crippen molar-refractivity contribution in [3.8, 4) is 0 Å². The number of carbonyl (C=O) groups is 1. The zero-order valence-electron chi connectivity index (χ0n) is 26.8. The smallest absolute Gasteiger partial charge is 0.335 e. The molecule has 11 heteroatoms. The van der Waals surface area contributed by atoms with Gasteiger partial charge >= 0.3 is 5.97 Å². The number of ether oxygens (including phenoxy) is 2. The van der Waals surface area contributed by atoms with Gasteiger partial charge in [-0.1, -0.05) is 20.8 Å². The van der Waals surface area contributed by atoms with Crippen molar-refractivity contribution in [1.82, 2.24) is 0 Å². The van der Waals surface area contributed by atoms with Crippen molar-refractivity contribution in [3.63, 3.8) is 0 Å². The predicted molar refractivity (Wildman–Crippen MR) is 158 cm³/mol. The molecule has 1 heterocycles. The zero-order chi connectivity index (χ0) is 32.5. The fourth-order valence-electron chi connectivity index (χ4n) is 10.8. The molecule has 1 aliphatic heterocycles. The molecule has 1 saturated heterocycles. The summed E-state index contributed by atoms with van der Waals surface area (Å²) in [5.41, 5.74) is -1.64. The number of aliphatic hydroxyl groups is 7. The highest BCUT2D eigenvalue weighted by molar-refractivity contribution is 5.73. The lowest BCUT2D eigenvalue weighted by atomic mass is 9.43. The molecule has 0 aromatic heterocycles. The van der Waals surface area contributed by atoms with E-state index in [0.29, 0.717) is 25.7 Å². The van der Waals surface area contributed by atoms with Crippen molar-refractivity contribution in [1.29, 1.82) is 0 Å². The van der Waals surface area contributed by atoms with Crippen molar-refractivity contribution < 1.29 is 55.1 Å². The van der Waals surface area contributed by atoms with Crippen LogP contribution in [0, 0.1) is 46.3 Å². The minimum atomic E-state index is -1.83. The van der Waals surface area contributed by atoms with Gasteiger partial charge in [-0.05, 0) is 112 Å². The maximum Gasteiger partial charge on any atom is 0.335 e. The lowest BCUT2D eigenvalue weighted by Crippen LogP contribution is -2.62. The van der Waals surface area contributed by atoms with Crippen LogP contribution in [0.2, 0.25) is 0 Å². The van der Waals surface area contributed by atoms with E-state index in [9.17, 15) is 45.6 Å². The standard InChI is InChI=1S/C33H56O11/c1-15(10-18(14-31(2,3)42)43-30-27(39)25(37)26(38)28(44-30)29(40)41)19-6-7-20-24-21(13-23(36)33(19,20)5)32(4)9-8-17(34)11-16(32)12-22(24)35/h15-28,30,34-39,42H,6-14H2,1-5H3,(H,40,41)/t15-,16+,17-,18?,19-,20+,21+,22-,23+,24+,25+,26+,27-,28+,30-,32+,33-/m1/s1. The number of carboxylic acid groups (broad SMARTS) is 1. The maximum absolute atomic E-state index is 11.9. The summed E-state index contributed by atoms with van der Waals surface area (Å²) in [6, 6.07) is 0. The highest BCUT2D eigenvalue weighted by Gasteiger charge is 2.66. The van der Waals surface area contributed by atoms with Gasteiger partial charge in [-0.3, -0.25) is 0 Å². The Labute approximate surface area is 260 Å². The largest absolute Gasteiger partial charge is 0.479 e. The van der Waals surface area contributed by atoms with Crippen LogP contribution in [0.3, 0.4) is 0 Å². The quantitative estimate of drug-likeness (QED) is 0.193. The Morgan fingerprint density at radius 3 is 2.27 bits per heavy atom. The zero-order valence-corrected chi connectivity index (χ0v) is 26.8. The number of carboxylic acids is 1. The van der Waals surface area contributed by atoms with Crippen LogP contribution in [0.5, 0.6) is 0 Å². The Hall–Kier alpha value is -0.890. The Morgan fingerprint density at radius 1 is 0.955 bits per heavy atom. The van der Waals surface area contributed by atoms with Crippen molar-refractivity contribution >= 4 is 5.97 Å². The molecule has 5 rings (SSSR count). The van der Waals surface area contributed by atoms with Crippen LogP contribution in [-0.2, 0) is 14.3 Å². The molecule has 5 aliphatic rings. The first kappa shape index (κ1) is 34.4. The second kappa shape index (κ2) is 12.3. The van der Waals surface area contributed by atoms with Crippen molar-refractivity contribution in [3.05, 3.63) is 0 Å². The Morgan fingerprint density at radius 2 is 1.64 bits per heavy atom. The fourth-order valence-corrected chi connectivity index (χ4v) is 10.8. The van der Waals surface area contributed by atoms with Gasteiger partial charge in [0.1, 0.15) is 18.3 Å². The van der Waals surface area contributed by atoms with E-state index in [4.69, 9.17) is 9.47 Å². The number of aliphatic carboxylic acids is 1. The molecule has 8 N–H and O–H groups in total. The number of hydrogen-bond donors (Lipinski definition) is 8. The van der Waals surface area contributed by atoms with Crippen LogP contribution in [0.25, 0.3) is 0 Å². The van der Waals surface area contributed by atoms with Crippen molar-refractivity contribution in [2.75, 3.05) is 0 Å². The van der Waals surface area contributed by atoms with Gasteiger partial charge in [0.2, 0.25) is 0 Å². The summed E-state index contributed by atoms with van der Waals surface area (Å²) in [7, 11) is 0. The molecule has 0 spiro atoms. The van der Waals surface area contributed by atoms with E-state index in [1.54, 1.807) is 13.8 Å². The number of rotatable bonds is 8. The molecule has 254 valence electrons. The minimum absolute atomic E-state index is 0.0102. The molecule has 0 aromatic rings. The van der Waals surface area contributed by atoms with E-state index in [-0.39, 0.29) is 53.4 Å². The number of aliphatic hydroxyl groups excluding tert-OH is 6. The monoisotopic (exact) mass is 628 g/mol. The average Bonchev–Trinajstić information content (AvgIpc) is 3.28. The lowest BCUT2D eigenvalue weighted by Gasteiger charge is -2.63. The van der Waals surface area contributed by atoms with Crippen molar-refractivity contribution in [2.24, 2.45) is 46.3 Å². The molecule has 44 heavy (non-hydrogen) atoms. The van der Waals surface area contributed by atoms with Crippen LogP contribution in [0.15, 0.2) is 0 Å². The van der Waals surface area contributed by atoms with Crippen LogP contribution < -0.4 is 0 Å². The fraction of sp³-hybridized carbons (Fsp3) is 0.970. The molecule has 0 bridgehead atoms. The predicted octanol–water partition coefficient (Wildman–Crippen LogP) is 1.41. The molecule has 17 atom stereocenters. The van der Waals surface area contributed by atoms with E-state index in [1.165, 1.54) is 0 Å². The lowest BCUT2D eigenvalue weighted by molar-refractivity contribution is -0.308. The second-order valence-corrected chi connectivity index (χ2v) is 16.2. The SMILES string of the molecule is C[C@H](CC(CC(C)(C)O)O[C@@H]1O[C@H](C(=O)O)[C@@H](O)[C@H](O)[C@H]1O)[C@H]1CC[C@H]2[C@@H]3[C@H](O)C[C@@H]4C[C@H](O)CC[C@]4(C)[C@H]3C[C@H](O)[C@]12C. The minimum Gasteiger partial charge on any atom is -0.479 e. The van der Waals surface area contributed by atoms with Crippen LogP contribution in [-0.4, -0.2) is 108 Å². The molecule has 11 nitrogen and oxygen atoms in total. The Balaban J connectivity index is 1.35. The number of fused-ring (bicyclic) bond motifs is 5. The number of hydrogen-bond acceptors (Lipinski definition) is 10. The first-order valence-electron chi connectivity index (χ1n) is 16.7. The highest BCUT2D eigenvalue weighted by Crippen LogP contribution is 2.68. The molecule has 0 aromatic carbocycles. The third-order valence-corrected chi connectivity index (χ3v) is 13.0. The summed E-state index contributed by atoms with van der Waals surface area (Å²) in [6.07, 6.45) is -4.70. The normalized spacial score (nSPS) is 50.7. The van der Waals surface area contributed by atoms with Gasteiger partial charge in [-0.25, -0.2) is 4.79 Å². The van der Waals surface area contributed by atoms with Crippen LogP contribution in [0.1, 0.15) is 92.4 Å². The van der Waals surface area contributed by atoms with E-state index < -0.39 is 66.0 Å². The molecule has 1 unspecified atom stereocenters. The van der Waals surface area contributed by atoms with Gasteiger partial charge in [-0.15, -0.1) is 0 Å². The van der Waals surface area contributed by atoms with E-state index in [1.807, 2.05) is 0 Å². The molecule has 4 aliphatic carbocycles. The molecule has 4 saturated carbocycles. The summed E-state index contributed by atoms with van der Waals surface area (Å²) in [4.78, 5) is 11.6. The first-order chi connectivity index (χ1) is 20.4. The first-order valence-corrected chi connectivity index (χ1v) is 16.7. The highest BCUT2D eigenvalue weighted by atomic mass is 16.7. The Kier molecular flexibility index (Phi) is 9.62. The Bertz CT molecular complexity index is 1030. The molecule has 5 fully saturated rings. The maximum atomic E-state index is 11.9. The van der Waals surface area contributed by atoms with E-state index >= 15 is 0 Å². The molecule has 0 amide bonds. The van der Waals surface area contributed by atoms with Crippen LogP contribution in [0.4, 0.5) is 0 Å². The van der Waals surface area contributed by atoms with Gasteiger partial charge in [0.05, 0.1) is 30.0 Å². The third kappa shape index (κ3) is 5.99. The third-order valence-electron chi connectivity index (χ3n) is 13.0. The van der Waals surface area contributed by atoms with E-state index in [0.717, 1.165) is 25.7 Å². The summed E-state index contributed by atoms with van der Waals surface area (Å²) in [5.74, 6) is -0.782. The van der Waals surface area contributed by atoms with Crippen LogP contribution >= 0.6 is 0 Å². The summed E-state index contributed by atoms with van der Waals surface area (Å²) in [5, 5.41) is 85.1. The molecular formula is C33H56O11.